The van der Waals surface area contributed by atoms with E-state index in [0.717, 1.165) is 0 Å². The summed E-state index contributed by atoms with van der Waals surface area (Å²) in [5.41, 5.74) is 0.290. The van der Waals surface area contributed by atoms with Crippen LogP contribution in [-0.4, -0.2) is 39.2 Å². The number of benzene rings is 1. The Labute approximate surface area is 94.7 Å². The van der Waals surface area contributed by atoms with Crippen LogP contribution in [0.3, 0.4) is 0 Å². The van der Waals surface area contributed by atoms with Crippen molar-refractivity contribution >= 4 is 23.0 Å². The molecule has 1 aromatic heterocycles. The molecule has 1 aromatic carbocycles. The van der Waals surface area contributed by atoms with Crippen LogP contribution in [0.15, 0.2) is 12.1 Å². The molecule has 0 spiro atoms. The van der Waals surface area contributed by atoms with Crippen LogP contribution in [0, 0.1) is 0 Å². The predicted molar refractivity (Wildman–Crippen MR) is 56.6 cm³/mol. The Morgan fingerprint density at radius 2 is 2.00 bits per heavy atom. The molecule has 0 unspecified atom stereocenters. The van der Waals surface area contributed by atoms with Gasteiger partial charge < -0.3 is 19.9 Å². The van der Waals surface area contributed by atoms with Crippen LogP contribution in [0.1, 0.15) is 21.0 Å². The number of aromatic nitrogens is 2. The van der Waals surface area contributed by atoms with Gasteiger partial charge in [-0.3, -0.25) is 0 Å². The molecule has 1 heterocycles. The smallest absolute Gasteiger partial charge is 0.371 e. The number of H-pyrrole nitrogens is 1. The second-order valence-corrected chi connectivity index (χ2v) is 3.27. The molecule has 0 bridgehead atoms. The number of carboxylic acid groups (broad SMARTS) is 2. The second-order valence-electron chi connectivity index (χ2n) is 3.27. The Bertz CT molecular complexity index is 616. The zero-order chi connectivity index (χ0) is 12.6. The first-order chi connectivity index (χ1) is 8.02. The van der Waals surface area contributed by atoms with Crippen molar-refractivity contribution in [3.63, 3.8) is 0 Å². The number of hydrogen-bond donors (Lipinski definition) is 3. The van der Waals surface area contributed by atoms with Gasteiger partial charge in [-0.1, -0.05) is 0 Å². The van der Waals surface area contributed by atoms with Crippen molar-refractivity contribution in [2.75, 3.05) is 7.11 Å². The molecule has 0 saturated heterocycles. The summed E-state index contributed by atoms with van der Waals surface area (Å²) in [7, 11) is 1.39. The van der Waals surface area contributed by atoms with E-state index in [-0.39, 0.29) is 16.9 Å². The van der Waals surface area contributed by atoms with Gasteiger partial charge in [0.1, 0.15) is 11.3 Å². The Morgan fingerprint density at radius 3 is 2.53 bits per heavy atom. The lowest BCUT2D eigenvalue weighted by Crippen LogP contribution is -2.00. The number of imidazole rings is 1. The van der Waals surface area contributed by atoms with E-state index >= 15 is 0 Å². The number of carbonyl (C=O) groups is 2. The highest BCUT2D eigenvalue weighted by Gasteiger charge is 2.17. The molecule has 7 heteroatoms. The average molecular weight is 236 g/mol. The Morgan fingerprint density at radius 1 is 1.29 bits per heavy atom. The second kappa shape index (κ2) is 3.78. The molecule has 0 aliphatic rings. The minimum atomic E-state index is -1.25. The molecule has 0 saturated carbocycles. The van der Waals surface area contributed by atoms with Crippen molar-refractivity contribution in [3.8, 4) is 5.75 Å². The SMILES string of the molecule is COc1cc(C(=O)O)c2nc(C(=O)O)[nH]c2c1. The maximum atomic E-state index is 11.0. The van der Waals surface area contributed by atoms with Gasteiger partial charge in [0.05, 0.1) is 18.2 Å². The summed E-state index contributed by atoms with van der Waals surface area (Å²) in [6.07, 6.45) is 0. The molecule has 7 nitrogen and oxygen atoms in total. The molecule has 0 radical (unpaired) electrons. The zero-order valence-electron chi connectivity index (χ0n) is 8.72. The summed E-state index contributed by atoms with van der Waals surface area (Å²) < 4.78 is 4.92. The first-order valence-corrected chi connectivity index (χ1v) is 4.57. The van der Waals surface area contributed by atoms with E-state index < -0.39 is 11.9 Å². The zero-order valence-corrected chi connectivity index (χ0v) is 8.72. The molecule has 88 valence electrons. The van der Waals surface area contributed by atoms with Crippen molar-refractivity contribution in [1.29, 1.82) is 0 Å². The van der Waals surface area contributed by atoms with Gasteiger partial charge in [0.2, 0.25) is 5.82 Å². The number of nitrogens with one attached hydrogen (secondary N) is 1. The number of methoxy groups -OCH3 is 1. The molecule has 3 N–H and O–H groups in total. The molecule has 0 amide bonds. The van der Waals surface area contributed by atoms with Crippen LogP contribution in [0.5, 0.6) is 5.75 Å². The third-order valence-corrected chi connectivity index (χ3v) is 2.23. The minimum absolute atomic E-state index is 0.0932. The van der Waals surface area contributed by atoms with E-state index in [1.54, 1.807) is 0 Å². The molecular weight excluding hydrogens is 228 g/mol. The van der Waals surface area contributed by atoms with Gasteiger partial charge in [-0.2, -0.15) is 0 Å². The summed E-state index contributed by atoms with van der Waals surface area (Å²) in [6.45, 7) is 0. The lowest BCUT2D eigenvalue weighted by molar-refractivity contribution is 0.0677. The van der Waals surface area contributed by atoms with Crippen molar-refractivity contribution in [2.24, 2.45) is 0 Å². The van der Waals surface area contributed by atoms with E-state index in [9.17, 15) is 9.59 Å². The maximum absolute atomic E-state index is 11.0. The predicted octanol–water partition coefficient (Wildman–Crippen LogP) is 0.968. The van der Waals surface area contributed by atoms with E-state index in [0.29, 0.717) is 11.3 Å². The van der Waals surface area contributed by atoms with Crippen LogP contribution in [0.25, 0.3) is 11.0 Å². The number of nitrogens with zero attached hydrogens (tertiary/aromatic N) is 1. The minimum Gasteiger partial charge on any atom is -0.497 e. The standard InChI is InChI=1S/C10H8N2O5/c1-17-4-2-5(9(13)14)7-6(3-4)11-8(12-7)10(15)16/h2-3H,1H3,(H,11,12)(H,13,14)(H,15,16). The van der Waals surface area contributed by atoms with Crippen molar-refractivity contribution in [2.45, 2.75) is 0 Å². The molecule has 0 fully saturated rings. The summed E-state index contributed by atoms with van der Waals surface area (Å²) >= 11 is 0. The average Bonchev–Trinajstić information content (AvgIpc) is 2.70. The van der Waals surface area contributed by atoms with Crippen molar-refractivity contribution in [1.82, 2.24) is 9.97 Å². The highest BCUT2D eigenvalue weighted by molar-refractivity contribution is 6.03. The van der Waals surface area contributed by atoms with Crippen LogP contribution in [-0.2, 0) is 0 Å². The molecule has 17 heavy (non-hydrogen) atoms. The van der Waals surface area contributed by atoms with Gasteiger partial charge >= 0.3 is 11.9 Å². The van der Waals surface area contributed by atoms with E-state index in [4.69, 9.17) is 14.9 Å². The van der Waals surface area contributed by atoms with Gasteiger partial charge in [0, 0.05) is 6.07 Å². The highest BCUT2D eigenvalue weighted by Crippen LogP contribution is 2.23. The normalized spacial score (nSPS) is 10.4. The van der Waals surface area contributed by atoms with E-state index in [1.165, 1.54) is 19.2 Å². The maximum Gasteiger partial charge on any atom is 0.371 e. The summed E-state index contributed by atoms with van der Waals surface area (Å²) in [4.78, 5) is 28.0. The largest absolute Gasteiger partial charge is 0.497 e. The number of fused-ring (bicyclic) bond motifs is 1. The Kier molecular flexibility index (Phi) is 2.43. The number of hydrogen-bond acceptors (Lipinski definition) is 4. The molecule has 2 rings (SSSR count). The van der Waals surface area contributed by atoms with Gasteiger partial charge in [-0.15, -0.1) is 0 Å². The van der Waals surface area contributed by atoms with E-state index in [1.807, 2.05) is 0 Å². The fraction of sp³-hybridized carbons (Fsp3) is 0.100. The van der Waals surface area contributed by atoms with Gasteiger partial charge in [-0.25, -0.2) is 14.6 Å². The first kappa shape index (κ1) is 10.9. The topological polar surface area (TPSA) is 113 Å². The quantitative estimate of drug-likeness (QED) is 0.731. The summed E-state index contributed by atoms with van der Waals surface area (Å²) in [5.74, 6) is -2.44. The monoisotopic (exact) mass is 236 g/mol. The lowest BCUT2D eigenvalue weighted by Gasteiger charge is -2.01. The number of rotatable bonds is 3. The van der Waals surface area contributed by atoms with Gasteiger partial charge in [-0.05, 0) is 6.07 Å². The fourth-order valence-corrected chi connectivity index (χ4v) is 1.47. The fourth-order valence-electron chi connectivity index (χ4n) is 1.47. The molecule has 2 aromatic rings. The molecule has 0 atom stereocenters. The van der Waals surface area contributed by atoms with Crippen molar-refractivity contribution < 1.29 is 24.5 Å². The Hall–Kier alpha value is -2.57. The van der Waals surface area contributed by atoms with Crippen LogP contribution in [0.2, 0.25) is 0 Å². The first-order valence-electron chi connectivity index (χ1n) is 4.57. The van der Waals surface area contributed by atoms with Crippen LogP contribution in [0.4, 0.5) is 0 Å². The number of aromatic carboxylic acids is 2. The highest BCUT2D eigenvalue weighted by atomic mass is 16.5. The van der Waals surface area contributed by atoms with Crippen LogP contribution >= 0.6 is 0 Å². The third kappa shape index (κ3) is 1.78. The van der Waals surface area contributed by atoms with Gasteiger partial charge in [0.25, 0.3) is 0 Å². The number of ether oxygens (including phenoxy) is 1. The molecule has 0 aliphatic heterocycles. The third-order valence-electron chi connectivity index (χ3n) is 2.23. The lowest BCUT2D eigenvalue weighted by atomic mass is 10.2. The van der Waals surface area contributed by atoms with Crippen LogP contribution < -0.4 is 4.74 Å². The Balaban J connectivity index is 2.77. The number of carboxylic acids is 2. The molecule has 0 aliphatic carbocycles. The van der Waals surface area contributed by atoms with Crippen molar-refractivity contribution in [3.05, 3.63) is 23.5 Å². The van der Waals surface area contributed by atoms with E-state index in [2.05, 4.69) is 9.97 Å². The summed E-state index contributed by atoms with van der Waals surface area (Å²) in [6, 6.07) is 2.78. The van der Waals surface area contributed by atoms with Gasteiger partial charge in [0.15, 0.2) is 0 Å². The number of aromatic amines is 1. The summed E-state index contributed by atoms with van der Waals surface area (Å²) in [5, 5.41) is 17.8. The molecular formula is C10H8N2O5.